The summed E-state index contributed by atoms with van der Waals surface area (Å²) < 4.78 is 0. The minimum Gasteiger partial charge on any atom is -0.391 e. The van der Waals surface area contributed by atoms with Crippen LogP contribution in [0.25, 0.3) is 0 Å². The molecule has 2 atom stereocenters. The standard InChI is InChI=1S/C11H16ClNO.ClH/c1-7(2)11(14)10(13)8-3-5-9(12)6-4-8;/h3-7,10-11,14H,13H2,1-2H3;1H/t10-,11+;/m1./s1. The lowest BCUT2D eigenvalue weighted by Gasteiger charge is -2.22. The number of nitrogens with two attached hydrogens (primary N) is 1. The van der Waals surface area contributed by atoms with Crippen molar-refractivity contribution in [2.24, 2.45) is 11.7 Å². The molecule has 1 aromatic rings. The number of benzene rings is 1. The Balaban J connectivity index is 0.00000196. The van der Waals surface area contributed by atoms with E-state index >= 15 is 0 Å². The van der Waals surface area contributed by atoms with Crippen molar-refractivity contribution in [1.82, 2.24) is 0 Å². The minimum absolute atomic E-state index is 0. The Hall–Kier alpha value is -0.280. The molecule has 0 saturated heterocycles. The van der Waals surface area contributed by atoms with Gasteiger partial charge < -0.3 is 10.8 Å². The largest absolute Gasteiger partial charge is 0.391 e. The van der Waals surface area contributed by atoms with Crippen LogP contribution in [0.15, 0.2) is 24.3 Å². The number of halogens is 2. The quantitative estimate of drug-likeness (QED) is 0.866. The van der Waals surface area contributed by atoms with Crippen LogP contribution in [0.5, 0.6) is 0 Å². The van der Waals surface area contributed by atoms with Gasteiger partial charge >= 0.3 is 0 Å². The maximum atomic E-state index is 9.76. The SMILES string of the molecule is CC(C)[C@H](O)[C@H](N)c1ccc(Cl)cc1.Cl. The van der Waals surface area contributed by atoms with Gasteiger partial charge in [0.05, 0.1) is 12.1 Å². The molecule has 0 spiro atoms. The molecule has 86 valence electrons. The molecule has 0 aromatic heterocycles. The molecule has 0 fully saturated rings. The maximum Gasteiger partial charge on any atom is 0.0755 e. The Morgan fingerprint density at radius 2 is 1.67 bits per heavy atom. The summed E-state index contributed by atoms with van der Waals surface area (Å²) in [6.45, 7) is 3.89. The molecule has 1 aromatic carbocycles. The lowest BCUT2D eigenvalue weighted by molar-refractivity contribution is 0.0979. The van der Waals surface area contributed by atoms with Crippen molar-refractivity contribution < 1.29 is 5.11 Å². The first-order chi connectivity index (χ1) is 6.52. The molecule has 0 saturated carbocycles. The highest BCUT2D eigenvalue weighted by atomic mass is 35.5. The van der Waals surface area contributed by atoms with Crippen molar-refractivity contribution in [1.29, 1.82) is 0 Å². The van der Waals surface area contributed by atoms with Crippen molar-refractivity contribution in [2.45, 2.75) is 26.0 Å². The van der Waals surface area contributed by atoms with Gasteiger partial charge in [-0.05, 0) is 23.6 Å². The highest BCUT2D eigenvalue weighted by molar-refractivity contribution is 6.30. The van der Waals surface area contributed by atoms with E-state index in [9.17, 15) is 5.11 Å². The fraction of sp³-hybridized carbons (Fsp3) is 0.455. The second kappa shape index (κ2) is 6.33. The summed E-state index contributed by atoms with van der Waals surface area (Å²) in [5.74, 6) is 0.153. The third-order valence-electron chi connectivity index (χ3n) is 2.31. The van der Waals surface area contributed by atoms with Crippen LogP contribution in [-0.4, -0.2) is 11.2 Å². The molecule has 0 heterocycles. The van der Waals surface area contributed by atoms with Gasteiger partial charge in [0.1, 0.15) is 0 Å². The fourth-order valence-electron chi connectivity index (χ4n) is 1.30. The first kappa shape index (κ1) is 14.7. The molecule has 0 unspecified atom stereocenters. The maximum absolute atomic E-state index is 9.76. The predicted molar refractivity (Wildman–Crippen MR) is 66.5 cm³/mol. The average Bonchev–Trinajstić information content (AvgIpc) is 2.16. The van der Waals surface area contributed by atoms with Crippen LogP contribution in [0.2, 0.25) is 5.02 Å². The lowest BCUT2D eigenvalue weighted by Crippen LogP contribution is -2.30. The van der Waals surface area contributed by atoms with Gasteiger partial charge in [0.15, 0.2) is 0 Å². The highest BCUT2D eigenvalue weighted by Crippen LogP contribution is 2.20. The van der Waals surface area contributed by atoms with E-state index in [1.54, 1.807) is 12.1 Å². The number of hydrogen-bond donors (Lipinski definition) is 2. The van der Waals surface area contributed by atoms with Gasteiger partial charge in [0.25, 0.3) is 0 Å². The molecule has 0 radical (unpaired) electrons. The van der Waals surface area contributed by atoms with Crippen LogP contribution < -0.4 is 5.73 Å². The fourth-order valence-corrected chi connectivity index (χ4v) is 1.42. The molecule has 0 bridgehead atoms. The zero-order chi connectivity index (χ0) is 10.7. The summed E-state index contributed by atoms with van der Waals surface area (Å²) in [5.41, 5.74) is 6.81. The van der Waals surface area contributed by atoms with E-state index in [1.165, 1.54) is 0 Å². The van der Waals surface area contributed by atoms with Crippen molar-refractivity contribution in [3.63, 3.8) is 0 Å². The Morgan fingerprint density at radius 3 is 2.07 bits per heavy atom. The molecular weight excluding hydrogens is 233 g/mol. The number of hydrogen-bond acceptors (Lipinski definition) is 2. The first-order valence-corrected chi connectivity index (χ1v) is 5.09. The van der Waals surface area contributed by atoms with Crippen LogP contribution >= 0.6 is 24.0 Å². The van der Waals surface area contributed by atoms with Crippen LogP contribution in [0, 0.1) is 5.92 Å². The summed E-state index contributed by atoms with van der Waals surface area (Å²) in [5, 5.41) is 10.4. The molecule has 4 heteroatoms. The molecule has 3 N–H and O–H groups in total. The second-order valence-electron chi connectivity index (χ2n) is 3.81. The van der Waals surface area contributed by atoms with Crippen molar-refractivity contribution >= 4 is 24.0 Å². The summed E-state index contributed by atoms with van der Waals surface area (Å²) in [6.07, 6.45) is -0.517. The van der Waals surface area contributed by atoms with E-state index in [2.05, 4.69) is 0 Å². The zero-order valence-corrected chi connectivity index (χ0v) is 10.4. The summed E-state index contributed by atoms with van der Waals surface area (Å²) >= 11 is 5.76. The van der Waals surface area contributed by atoms with Gasteiger partial charge in [-0.15, -0.1) is 12.4 Å². The van der Waals surface area contributed by atoms with Gasteiger partial charge in [0, 0.05) is 5.02 Å². The molecule has 15 heavy (non-hydrogen) atoms. The van der Waals surface area contributed by atoms with Crippen LogP contribution in [0.3, 0.4) is 0 Å². The molecule has 2 nitrogen and oxygen atoms in total. The zero-order valence-electron chi connectivity index (χ0n) is 8.85. The van der Waals surface area contributed by atoms with Crippen molar-refractivity contribution in [3.8, 4) is 0 Å². The molecule has 0 aliphatic heterocycles. The molecular formula is C11H17Cl2NO. The van der Waals surface area contributed by atoms with E-state index < -0.39 is 6.10 Å². The van der Waals surface area contributed by atoms with Crippen LogP contribution in [0.4, 0.5) is 0 Å². The Bertz CT molecular complexity index is 287. The van der Waals surface area contributed by atoms with Gasteiger partial charge in [0.2, 0.25) is 0 Å². The van der Waals surface area contributed by atoms with Crippen molar-refractivity contribution in [3.05, 3.63) is 34.9 Å². The van der Waals surface area contributed by atoms with Crippen molar-refractivity contribution in [2.75, 3.05) is 0 Å². The second-order valence-corrected chi connectivity index (χ2v) is 4.25. The van der Waals surface area contributed by atoms with E-state index in [-0.39, 0.29) is 24.4 Å². The molecule has 1 rings (SSSR count). The Morgan fingerprint density at radius 1 is 1.20 bits per heavy atom. The van der Waals surface area contributed by atoms with Gasteiger partial charge in [-0.2, -0.15) is 0 Å². The third kappa shape index (κ3) is 3.99. The summed E-state index contributed by atoms with van der Waals surface area (Å²) in [6, 6.07) is 6.91. The van der Waals surface area contributed by atoms with Crippen LogP contribution in [-0.2, 0) is 0 Å². The molecule has 0 amide bonds. The molecule has 0 aliphatic carbocycles. The summed E-state index contributed by atoms with van der Waals surface area (Å²) in [4.78, 5) is 0. The third-order valence-corrected chi connectivity index (χ3v) is 2.56. The van der Waals surface area contributed by atoms with Crippen LogP contribution in [0.1, 0.15) is 25.5 Å². The Labute approximate surface area is 102 Å². The molecule has 0 aliphatic rings. The van der Waals surface area contributed by atoms with E-state index in [1.807, 2.05) is 26.0 Å². The Kier molecular flexibility index (Phi) is 6.22. The number of aliphatic hydroxyl groups is 1. The minimum atomic E-state index is -0.517. The average molecular weight is 250 g/mol. The number of rotatable bonds is 3. The monoisotopic (exact) mass is 249 g/mol. The number of aliphatic hydroxyl groups excluding tert-OH is 1. The van der Waals surface area contributed by atoms with E-state index in [0.717, 1.165) is 5.56 Å². The van der Waals surface area contributed by atoms with Gasteiger partial charge in [-0.1, -0.05) is 37.6 Å². The van der Waals surface area contributed by atoms with Gasteiger partial charge in [-0.3, -0.25) is 0 Å². The highest BCUT2D eigenvalue weighted by Gasteiger charge is 2.19. The van der Waals surface area contributed by atoms with E-state index in [4.69, 9.17) is 17.3 Å². The predicted octanol–water partition coefficient (Wildman–Crippen LogP) is 2.78. The summed E-state index contributed by atoms with van der Waals surface area (Å²) in [7, 11) is 0. The normalized spacial score (nSPS) is 14.5. The van der Waals surface area contributed by atoms with E-state index in [0.29, 0.717) is 5.02 Å². The smallest absolute Gasteiger partial charge is 0.0755 e. The lowest BCUT2D eigenvalue weighted by atomic mass is 9.95. The van der Waals surface area contributed by atoms with Gasteiger partial charge in [-0.25, -0.2) is 0 Å². The topological polar surface area (TPSA) is 46.2 Å². The first-order valence-electron chi connectivity index (χ1n) is 4.71.